The lowest BCUT2D eigenvalue weighted by Gasteiger charge is -2.07. The molecule has 1 N–H and O–H groups in total. The number of benzene rings is 1. The molecular weight excluding hydrogens is 300 g/mol. The summed E-state index contributed by atoms with van der Waals surface area (Å²) in [6.07, 6.45) is -0.172. The summed E-state index contributed by atoms with van der Waals surface area (Å²) in [4.78, 5) is 14.5. The van der Waals surface area contributed by atoms with Crippen LogP contribution in [0.25, 0.3) is 0 Å². The van der Waals surface area contributed by atoms with Crippen molar-refractivity contribution in [1.82, 2.24) is 4.98 Å². The van der Waals surface area contributed by atoms with E-state index in [0.717, 1.165) is 0 Å². The van der Waals surface area contributed by atoms with Crippen molar-refractivity contribution < 1.29 is 14.6 Å². The van der Waals surface area contributed by atoms with Gasteiger partial charge in [-0.05, 0) is 12.1 Å². The first-order valence-electron chi connectivity index (χ1n) is 5.90. The number of para-hydroxylation sites is 1. The number of halogens is 1. The highest BCUT2D eigenvalue weighted by molar-refractivity contribution is 7.13. The first-order valence-corrected chi connectivity index (χ1v) is 7.16. The number of rotatable bonds is 7. The summed E-state index contributed by atoms with van der Waals surface area (Å²) in [7, 11) is 0. The molecule has 2 rings (SSSR count). The Labute approximate surface area is 125 Å². The van der Waals surface area contributed by atoms with Crippen molar-refractivity contribution in [2.24, 2.45) is 0 Å². The number of carbonyl (C=O) groups excluding carboxylic acids is 1. The Balaban J connectivity index is 1.75. The van der Waals surface area contributed by atoms with E-state index in [0.29, 0.717) is 34.7 Å². The van der Waals surface area contributed by atoms with E-state index in [1.54, 1.807) is 17.5 Å². The average molecular weight is 312 g/mol. The summed E-state index contributed by atoms with van der Waals surface area (Å²) in [5, 5.41) is 16.4. The van der Waals surface area contributed by atoms with E-state index in [2.05, 4.69) is 10.3 Å². The minimum Gasteiger partial charge on any atom is -0.550 e. The van der Waals surface area contributed by atoms with Crippen molar-refractivity contribution in [1.29, 1.82) is 0 Å². The molecule has 0 amide bonds. The number of nitrogens with one attached hydrogen (secondary N) is 1. The molecular formula is C13H12ClN2O3S-. The minimum absolute atomic E-state index is 0.172. The number of carbonyl (C=O) groups is 1. The first kappa shape index (κ1) is 14.6. The Morgan fingerprint density at radius 3 is 3.00 bits per heavy atom. The summed E-state index contributed by atoms with van der Waals surface area (Å²) in [6.45, 7) is 0.975. The van der Waals surface area contributed by atoms with Crippen LogP contribution in [-0.4, -0.2) is 24.1 Å². The molecule has 20 heavy (non-hydrogen) atoms. The third kappa shape index (κ3) is 4.40. The predicted octanol–water partition coefficient (Wildman–Crippen LogP) is 1.58. The summed E-state index contributed by atoms with van der Waals surface area (Å²) < 4.78 is 5.51. The van der Waals surface area contributed by atoms with Gasteiger partial charge in [0, 0.05) is 17.8 Å². The third-order valence-electron chi connectivity index (χ3n) is 2.35. The van der Waals surface area contributed by atoms with Crippen molar-refractivity contribution in [3.63, 3.8) is 0 Å². The highest BCUT2D eigenvalue weighted by Gasteiger charge is 2.02. The molecule has 106 valence electrons. The van der Waals surface area contributed by atoms with Crippen LogP contribution in [0.1, 0.15) is 5.69 Å². The van der Waals surface area contributed by atoms with Gasteiger partial charge in [-0.25, -0.2) is 4.98 Å². The molecule has 0 aliphatic heterocycles. The van der Waals surface area contributed by atoms with E-state index in [9.17, 15) is 9.90 Å². The summed E-state index contributed by atoms with van der Waals surface area (Å²) in [6, 6.07) is 7.24. The molecule has 1 aromatic heterocycles. The van der Waals surface area contributed by atoms with Crippen molar-refractivity contribution in [3.8, 4) is 5.75 Å². The molecule has 0 aliphatic rings. The molecule has 0 unspecified atom stereocenters. The van der Waals surface area contributed by atoms with Gasteiger partial charge in [-0.15, -0.1) is 11.3 Å². The number of thiazole rings is 1. The Hall–Kier alpha value is -1.79. The average Bonchev–Trinajstić information content (AvgIpc) is 2.83. The second-order valence-electron chi connectivity index (χ2n) is 3.90. The quantitative estimate of drug-likeness (QED) is 0.786. The van der Waals surface area contributed by atoms with E-state index >= 15 is 0 Å². The molecule has 1 heterocycles. The second kappa shape index (κ2) is 7.12. The maximum Gasteiger partial charge on any atom is 0.182 e. The van der Waals surface area contributed by atoms with E-state index in [-0.39, 0.29) is 6.42 Å². The first-order chi connectivity index (χ1) is 9.65. The van der Waals surface area contributed by atoms with Crippen LogP contribution in [-0.2, 0) is 11.2 Å². The van der Waals surface area contributed by atoms with Crippen LogP contribution >= 0.6 is 22.9 Å². The van der Waals surface area contributed by atoms with E-state index < -0.39 is 5.97 Å². The molecule has 2 aromatic rings. The number of hydrogen-bond donors (Lipinski definition) is 1. The largest absolute Gasteiger partial charge is 0.550 e. The number of aliphatic carboxylic acids is 1. The highest BCUT2D eigenvalue weighted by atomic mass is 35.5. The maximum atomic E-state index is 10.4. The van der Waals surface area contributed by atoms with Crippen molar-refractivity contribution >= 4 is 34.0 Å². The zero-order chi connectivity index (χ0) is 14.4. The number of carboxylic acid groups (broad SMARTS) is 1. The molecule has 0 fully saturated rings. The van der Waals surface area contributed by atoms with Gasteiger partial charge in [-0.2, -0.15) is 0 Å². The van der Waals surface area contributed by atoms with E-state index in [4.69, 9.17) is 16.3 Å². The van der Waals surface area contributed by atoms with Crippen LogP contribution < -0.4 is 15.2 Å². The Morgan fingerprint density at radius 1 is 1.45 bits per heavy atom. The van der Waals surface area contributed by atoms with E-state index in [1.165, 1.54) is 11.3 Å². The third-order valence-corrected chi connectivity index (χ3v) is 3.51. The zero-order valence-electron chi connectivity index (χ0n) is 10.5. The number of hydrogen-bond acceptors (Lipinski definition) is 6. The second-order valence-corrected chi connectivity index (χ2v) is 5.16. The van der Waals surface area contributed by atoms with Gasteiger partial charge >= 0.3 is 0 Å². The normalized spacial score (nSPS) is 10.2. The number of nitrogens with zero attached hydrogens (tertiary/aromatic N) is 1. The van der Waals surface area contributed by atoms with Gasteiger partial charge in [-0.1, -0.05) is 23.7 Å². The molecule has 5 nitrogen and oxygen atoms in total. The number of anilines is 1. The highest BCUT2D eigenvalue weighted by Crippen LogP contribution is 2.23. The molecule has 0 spiro atoms. The molecule has 0 atom stereocenters. The zero-order valence-corrected chi connectivity index (χ0v) is 12.0. The number of ether oxygens (including phenoxy) is 1. The number of aromatic nitrogens is 1. The fourth-order valence-corrected chi connectivity index (χ4v) is 2.43. The Kier molecular flexibility index (Phi) is 5.20. The van der Waals surface area contributed by atoms with Gasteiger partial charge in [0.2, 0.25) is 0 Å². The predicted molar refractivity (Wildman–Crippen MR) is 76.3 cm³/mol. The van der Waals surface area contributed by atoms with Crippen LogP contribution in [0.4, 0.5) is 5.13 Å². The molecule has 1 aromatic carbocycles. The van der Waals surface area contributed by atoms with Crippen molar-refractivity contribution in [2.75, 3.05) is 18.5 Å². The minimum atomic E-state index is -1.14. The lowest BCUT2D eigenvalue weighted by atomic mass is 10.3. The van der Waals surface area contributed by atoms with Crippen molar-refractivity contribution in [2.45, 2.75) is 6.42 Å². The Morgan fingerprint density at radius 2 is 2.25 bits per heavy atom. The lowest BCUT2D eigenvalue weighted by Crippen LogP contribution is -2.24. The fraction of sp³-hybridized carbons (Fsp3) is 0.231. The van der Waals surface area contributed by atoms with Crippen LogP contribution in [0.5, 0.6) is 5.75 Å². The standard InChI is InChI=1S/C13H13ClN2O3S/c14-10-3-1-2-4-11(10)19-6-5-15-13-16-9(8-20-13)7-12(17)18/h1-4,8H,5-7H2,(H,15,16)(H,17,18)/p-1. The van der Waals surface area contributed by atoms with Gasteiger partial charge in [0.15, 0.2) is 5.13 Å². The van der Waals surface area contributed by atoms with Gasteiger partial charge in [0.1, 0.15) is 12.4 Å². The molecule has 0 saturated carbocycles. The van der Waals surface area contributed by atoms with Crippen LogP contribution in [0.15, 0.2) is 29.6 Å². The molecule has 7 heteroatoms. The molecule has 0 saturated heterocycles. The van der Waals surface area contributed by atoms with Gasteiger partial charge in [0.05, 0.1) is 17.3 Å². The van der Waals surface area contributed by atoms with Gasteiger partial charge < -0.3 is 20.0 Å². The van der Waals surface area contributed by atoms with E-state index in [1.807, 2.05) is 12.1 Å². The monoisotopic (exact) mass is 311 g/mol. The maximum absolute atomic E-state index is 10.4. The van der Waals surface area contributed by atoms with Gasteiger partial charge in [-0.3, -0.25) is 0 Å². The van der Waals surface area contributed by atoms with Crippen molar-refractivity contribution in [3.05, 3.63) is 40.4 Å². The van der Waals surface area contributed by atoms with Crippen LogP contribution in [0, 0.1) is 0 Å². The SMILES string of the molecule is O=C([O-])Cc1csc(NCCOc2ccccc2Cl)n1. The number of carboxylic acids is 1. The van der Waals surface area contributed by atoms with Gasteiger partial charge in [0.25, 0.3) is 0 Å². The molecule has 0 bridgehead atoms. The lowest BCUT2D eigenvalue weighted by molar-refractivity contribution is -0.304. The van der Waals surface area contributed by atoms with Crippen LogP contribution in [0.3, 0.4) is 0 Å². The fourth-order valence-electron chi connectivity index (χ4n) is 1.50. The molecule has 0 aliphatic carbocycles. The smallest absolute Gasteiger partial charge is 0.182 e. The summed E-state index contributed by atoms with van der Waals surface area (Å²) in [5.74, 6) is -0.503. The topological polar surface area (TPSA) is 74.3 Å². The van der Waals surface area contributed by atoms with Crippen LogP contribution in [0.2, 0.25) is 5.02 Å². The Bertz CT molecular complexity index is 589. The summed E-state index contributed by atoms with van der Waals surface area (Å²) >= 11 is 7.30. The summed E-state index contributed by atoms with van der Waals surface area (Å²) in [5.41, 5.74) is 0.490. The molecule has 0 radical (unpaired) electrons.